The number of aryl methyl sites for hydroxylation is 2. The van der Waals surface area contributed by atoms with E-state index in [0.717, 1.165) is 17.2 Å². The maximum Gasteiger partial charge on any atom is 0.180 e. The first-order valence-electron chi connectivity index (χ1n) is 7.15. The van der Waals surface area contributed by atoms with Gasteiger partial charge in [0.05, 0.1) is 29.0 Å². The molecule has 1 N–H and O–H groups in total. The molecule has 9 heteroatoms. The van der Waals surface area contributed by atoms with E-state index >= 15 is 0 Å². The van der Waals surface area contributed by atoms with E-state index in [1.165, 1.54) is 6.20 Å². The summed E-state index contributed by atoms with van der Waals surface area (Å²) in [5, 5.41) is 8.93. The summed E-state index contributed by atoms with van der Waals surface area (Å²) in [5.74, 6) is 0.740. The summed E-state index contributed by atoms with van der Waals surface area (Å²) in [5.41, 5.74) is 1.62. The second-order valence-electron chi connectivity index (χ2n) is 5.46. The number of nitrogens with zero attached hydrogens (tertiary/aromatic N) is 4. The van der Waals surface area contributed by atoms with Crippen LogP contribution in [0.4, 0.5) is 5.82 Å². The first-order valence-corrected chi connectivity index (χ1v) is 9.42. The first kappa shape index (κ1) is 16.7. The molecule has 0 fully saturated rings. The highest BCUT2D eigenvalue weighted by Crippen LogP contribution is 2.27. The fraction of sp³-hybridized carbons (Fsp3) is 0.267. The van der Waals surface area contributed by atoms with Crippen molar-refractivity contribution in [2.24, 2.45) is 7.05 Å². The van der Waals surface area contributed by atoms with E-state index in [4.69, 9.17) is 11.6 Å². The van der Waals surface area contributed by atoms with Gasteiger partial charge in [-0.3, -0.25) is 4.68 Å². The summed E-state index contributed by atoms with van der Waals surface area (Å²) in [4.78, 5) is 8.21. The van der Waals surface area contributed by atoms with E-state index in [9.17, 15) is 8.42 Å². The molecule has 0 aliphatic rings. The maximum absolute atomic E-state index is 11.9. The van der Waals surface area contributed by atoms with E-state index < -0.39 is 9.84 Å². The van der Waals surface area contributed by atoms with Crippen LogP contribution >= 0.6 is 11.6 Å². The van der Waals surface area contributed by atoms with E-state index in [2.05, 4.69) is 20.4 Å². The Balaban J connectivity index is 2.00. The van der Waals surface area contributed by atoms with Crippen LogP contribution in [-0.4, -0.2) is 34.4 Å². The van der Waals surface area contributed by atoms with Gasteiger partial charge in [-0.1, -0.05) is 17.7 Å². The van der Waals surface area contributed by atoms with Gasteiger partial charge in [0, 0.05) is 18.7 Å². The highest BCUT2D eigenvalue weighted by Gasteiger charge is 2.17. The third-order valence-electron chi connectivity index (χ3n) is 3.60. The lowest BCUT2D eigenvalue weighted by atomic mass is 10.2. The number of fused-ring (bicyclic) bond motifs is 1. The number of benzene rings is 1. The Morgan fingerprint density at radius 3 is 2.79 bits per heavy atom. The van der Waals surface area contributed by atoms with Crippen LogP contribution in [0.5, 0.6) is 0 Å². The first-order chi connectivity index (χ1) is 11.3. The molecule has 3 aromatic rings. The standard InChI is InChI=1S/C15H16ClN5O2S/c1-9-17-8-13(24(3,22)23)15(19-9)18-7-11-14-10(16)5-4-6-12(14)21(2)20-11/h4-6,8H,7H2,1-3H3,(H,17,18,19). The summed E-state index contributed by atoms with van der Waals surface area (Å²) in [7, 11) is -1.61. The predicted molar refractivity (Wildman–Crippen MR) is 92.9 cm³/mol. The number of hydrogen-bond donors (Lipinski definition) is 1. The maximum atomic E-state index is 11.9. The van der Waals surface area contributed by atoms with Gasteiger partial charge < -0.3 is 5.32 Å². The zero-order valence-electron chi connectivity index (χ0n) is 13.4. The molecule has 2 aromatic heterocycles. The Morgan fingerprint density at radius 1 is 1.33 bits per heavy atom. The molecule has 0 unspecified atom stereocenters. The summed E-state index contributed by atoms with van der Waals surface area (Å²) in [6, 6.07) is 5.58. The molecule has 2 heterocycles. The van der Waals surface area contributed by atoms with Crippen molar-refractivity contribution in [2.45, 2.75) is 18.4 Å². The van der Waals surface area contributed by atoms with Crippen molar-refractivity contribution in [3.63, 3.8) is 0 Å². The lowest BCUT2D eigenvalue weighted by molar-refractivity contribution is 0.601. The van der Waals surface area contributed by atoms with Crippen molar-refractivity contribution in [1.29, 1.82) is 0 Å². The average molecular weight is 366 g/mol. The van der Waals surface area contributed by atoms with Gasteiger partial charge in [-0.15, -0.1) is 0 Å². The molecule has 0 saturated heterocycles. The van der Waals surface area contributed by atoms with Crippen LogP contribution in [0.1, 0.15) is 11.5 Å². The lowest BCUT2D eigenvalue weighted by Crippen LogP contribution is -2.10. The van der Waals surface area contributed by atoms with E-state index in [0.29, 0.717) is 23.1 Å². The molecule has 0 atom stereocenters. The van der Waals surface area contributed by atoms with Crippen LogP contribution in [0.25, 0.3) is 10.9 Å². The number of aromatic nitrogens is 4. The molecule has 3 rings (SSSR count). The zero-order valence-corrected chi connectivity index (χ0v) is 15.0. The monoisotopic (exact) mass is 365 g/mol. The molecular weight excluding hydrogens is 350 g/mol. The molecule has 0 amide bonds. The van der Waals surface area contributed by atoms with Gasteiger partial charge in [-0.05, 0) is 19.1 Å². The molecule has 1 aromatic carbocycles. The molecular formula is C15H16ClN5O2S. The molecule has 0 saturated carbocycles. The summed E-state index contributed by atoms with van der Waals surface area (Å²) in [6.07, 6.45) is 2.43. The Hall–Kier alpha value is -2.19. The van der Waals surface area contributed by atoms with Gasteiger partial charge in [0.25, 0.3) is 0 Å². The summed E-state index contributed by atoms with van der Waals surface area (Å²) >= 11 is 6.28. The number of rotatable bonds is 4. The van der Waals surface area contributed by atoms with Gasteiger partial charge in [0.2, 0.25) is 0 Å². The van der Waals surface area contributed by atoms with E-state index in [1.54, 1.807) is 17.7 Å². The highest BCUT2D eigenvalue weighted by molar-refractivity contribution is 7.90. The zero-order chi connectivity index (χ0) is 17.5. The van der Waals surface area contributed by atoms with Gasteiger partial charge >= 0.3 is 0 Å². The van der Waals surface area contributed by atoms with Crippen molar-refractivity contribution in [2.75, 3.05) is 11.6 Å². The van der Waals surface area contributed by atoms with Crippen molar-refractivity contribution in [3.05, 3.63) is 40.9 Å². The Bertz CT molecular complexity index is 1030. The molecule has 24 heavy (non-hydrogen) atoms. The molecule has 0 radical (unpaired) electrons. The molecule has 126 valence electrons. The number of anilines is 1. The summed E-state index contributed by atoms with van der Waals surface area (Å²) in [6.45, 7) is 1.99. The molecule has 0 aliphatic carbocycles. The highest BCUT2D eigenvalue weighted by atomic mass is 35.5. The molecule has 7 nitrogen and oxygen atoms in total. The second-order valence-corrected chi connectivity index (χ2v) is 7.85. The fourth-order valence-corrected chi connectivity index (χ4v) is 3.49. The minimum absolute atomic E-state index is 0.0550. The van der Waals surface area contributed by atoms with E-state index in [-0.39, 0.29) is 10.7 Å². The van der Waals surface area contributed by atoms with Crippen molar-refractivity contribution in [3.8, 4) is 0 Å². The van der Waals surface area contributed by atoms with E-state index in [1.807, 2.05) is 19.2 Å². The smallest absolute Gasteiger partial charge is 0.180 e. The van der Waals surface area contributed by atoms with Crippen molar-refractivity contribution < 1.29 is 8.42 Å². The third kappa shape index (κ3) is 3.07. The van der Waals surface area contributed by atoms with Gasteiger partial charge in [0.15, 0.2) is 9.84 Å². The topological polar surface area (TPSA) is 89.8 Å². The van der Waals surface area contributed by atoms with Crippen LogP contribution in [0, 0.1) is 6.92 Å². The SMILES string of the molecule is Cc1ncc(S(C)(=O)=O)c(NCc2nn(C)c3cccc(Cl)c23)n1. The van der Waals surface area contributed by atoms with Gasteiger partial charge in [-0.25, -0.2) is 18.4 Å². The normalized spacial score (nSPS) is 11.8. The van der Waals surface area contributed by atoms with Crippen LogP contribution < -0.4 is 5.32 Å². The average Bonchev–Trinajstić information content (AvgIpc) is 2.82. The Labute approximate surface area is 144 Å². The van der Waals surface area contributed by atoms with Gasteiger partial charge in [0.1, 0.15) is 16.5 Å². The predicted octanol–water partition coefficient (Wildman–Crippen LogP) is 2.34. The third-order valence-corrected chi connectivity index (χ3v) is 5.01. The second kappa shape index (κ2) is 6.03. The van der Waals surface area contributed by atoms with Gasteiger partial charge in [-0.2, -0.15) is 5.10 Å². The number of hydrogen-bond acceptors (Lipinski definition) is 6. The van der Waals surface area contributed by atoms with Crippen LogP contribution in [-0.2, 0) is 23.4 Å². The van der Waals surface area contributed by atoms with Crippen LogP contribution in [0.3, 0.4) is 0 Å². The summed E-state index contributed by atoms with van der Waals surface area (Å²) < 4.78 is 25.5. The number of sulfone groups is 1. The number of nitrogens with one attached hydrogen (secondary N) is 1. The Kier molecular flexibility index (Phi) is 4.18. The lowest BCUT2D eigenvalue weighted by Gasteiger charge is -2.09. The van der Waals surface area contributed by atoms with Crippen molar-refractivity contribution in [1.82, 2.24) is 19.7 Å². The molecule has 0 aliphatic heterocycles. The fourth-order valence-electron chi connectivity index (χ4n) is 2.50. The largest absolute Gasteiger partial charge is 0.363 e. The quantitative estimate of drug-likeness (QED) is 0.763. The van der Waals surface area contributed by atoms with Crippen LogP contribution in [0.2, 0.25) is 5.02 Å². The van der Waals surface area contributed by atoms with Crippen molar-refractivity contribution >= 4 is 38.2 Å². The molecule has 0 bridgehead atoms. The Morgan fingerprint density at radius 2 is 2.08 bits per heavy atom. The minimum atomic E-state index is -3.44. The molecule has 0 spiro atoms. The number of halogens is 1. The minimum Gasteiger partial charge on any atom is -0.363 e. The van der Waals surface area contributed by atoms with Crippen LogP contribution in [0.15, 0.2) is 29.3 Å².